The van der Waals surface area contributed by atoms with Gasteiger partial charge in [-0.15, -0.1) is 0 Å². The largest absolute Gasteiger partial charge is 0.302 e. The zero-order valence-electron chi connectivity index (χ0n) is 25.2. The minimum atomic E-state index is 1.08. The van der Waals surface area contributed by atoms with Crippen molar-refractivity contribution in [3.8, 4) is 0 Å². The Bertz CT molecular complexity index is 537. The topological polar surface area (TPSA) is 6.48 Å². The van der Waals surface area contributed by atoms with Crippen molar-refractivity contribution in [3.63, 3.8) is 0 Å². The van der Waals surface area contributed by atoms with Gasteiger partial charge in [0.1, 0.15) is 0 Å². The fourth-order valence-electron chi connectivity index (χ4n) is 5.35. The van der Waals surface area contributed by atoms with E-state index in [4.69, 9.17) is 0 Å². The third-order valence-corrected chi connectivity index (χ3v) is 7.68. The Morgan fingerprint density at radius 1 is 0.444 bits per heavy atom. The van der Waals surface area contributed by atoms with E-state index in [1.807, 2.05) is 0 Å². The number of rotatable bonds is 26. The van der Waals surface area contributed by atoms with E-state index < -0.39 is 0 Å². The van der Waals surface area contributed by atoms with Crippen LogP contribution in [0.1, 0.15) is 153 Å². The lowest BCUT2D eigenvalue weighted by molar-refractivity contribution is 0.311. The first kappa shape index (κ1) is 33.2. The van der Waals surface area contributed by atoms with E-state index in [2.05, 4.69) is 62.0 Å². The molecule has 0 N–H and O–H groups in total. The fraction of sp³-hybridized carbons (Fsp3) is 0.824. The maximum atomic E-state index is 2.51. The maximum Gasteiger partial charge on any atom is 0.0230 e. The summed E-state index contributed by atoms with van der Waals surface area (Å²) in [5.74, 6) is 0. The molecular weight excluding hydrogens is 436 g/mol. The van der Waals surface area contributed by atoms with E-state index in [0.717, 1.165) is 13.1 Å². The van der Waals surface area contributed by atoms with Crippen molar-refractivity contribution in [2.45, 2.75) is 155 Å². The van der Waals surface area contributed by atoms with Gasteiger partial charge in [-0.25, -0.2) is 0 Å². The fourth-order valence-corrected chi connectivity index (χ4v) is 5.35. The number of hydrogen-bond donors (Lipinski definition) is 0. The first-order valence-electron chi connectivity index (χ1n) is 16.1. The SMILES string of the molecule is CCCCCCCCCCCCN(C)Cc1cccc(CN(C)CCCCCCCCCCCC)c1. The molecule has 0 aliphatic heterocycles. The summed E-state index contributed by atoms with van der Waals surface area (Å²) < 4.78 is 0. The molecule has 0 amide bonds. The van der Waals surface area contributed by atoms with Crippen LogP contribution in [0.2, 0.25) is 0 Å². The molecule has 0 saturated carbocycles. The summed E-state index contributed by atoms with van der Waals surface area (Å²) in [5.41, 5.74) is 2.93. The molecule has 0 spiro atoms. The molecule has 2 nitrogen and oxygen atoms in total. The van der Waals surface area contributed by atoms with Crippen LogP contribution < -0.4 is 0 Å². The van der Waals surface area contributed by atoms with Gasteiger partial charge >= 0.3 is 0 Å². The van der Waals surface area contributed by atoms with Crippen LogP contribution in [0, 0.1) is 0 Å². The molecule has 0 heterocycles. The second kappa shape index (κ2) is 24.5. The quantitative estimate of drug-likeness (QED) is 0.117. The lowest BCUT2D eigenvalue weighted by Gasteiger charge is -2.19. The van der Waals surface area contributed by atoms with E-state index >= 15 is 0 Å². The van der Waals surface area contributed by atoms with Crippen LogP contribution in [-0.2, 0) is 13.1 Å². The van der Waals surface area contributed by atoms with Crippen molar-refractivity contribution in [1.82, 2.24) is 9.80 Å². The van der Waals surface area contributed by atoms with Crippen LogP contribution in [-0.4, -0.2) is 37.0 Å². The first-order valence-corrected chi connectivity index (χ1v) is 16.1. The Morgan fingerprint density at radius 2 is 0.750 bits per heavy atom. The highest BCUT2D eigenvalue weighted by Crippen LogP contribution is 2.14. The smallest absolute Gasteiger partial charge is 0.0230 e. The lowest BCUT2D eigenvalue weighted by atomic mass is 10.1. The maximum absolute atomic E-state index is 2.51. The summed E-state index contributed by atoms with van der Waals surface area (Å²) >= 11 is 0. The molecule has 0 aliphatic carbocycles. The van der Waals surface area contributed by atoms with E-state index in [-0.39, 0.29) is 0 Å². The predicted octanol–water partition coefficient (Wildman–Crippen LogP) is 10.4. The standard InChI is InChI=1S/C34H64N2/c1-5-7-9-11-13-15-17-19-21-23-28-35(3)31-33-26-25-27-34(30-33)32-36(4)29-24-22-20-18-16-14-12-10-8-6-2/h25-27,30H,5-24,28-29,31-32H2,1-4H3. The van der Waals surface area contributed by atoms with Gasteiger partial charge in [0.15, 0.2) is 0 Å². The monoisotopic (exact) mass is 501 g/mol. The molecule has 1 aromatic rings. The van der Waals surface area contributed by atoms with Gasteiger partial charge in [-0.1, -0.05) is 154 Å². The van der Waals surface area contributed by atoms with Crippen LogP contribution in [0.3, 0.4) is 0 Å². The highest BCUT2D eigenvalue weighted by atomic mass is 15.1. The molecule has 0 unspecified atom stereocenters. The third-order valence-electron chi connectivity index (χ3n) is 7.68. The molecule has 210 valence electrons. The highest BCUT2D eigenvalue weighted by molar-refractivity contribution is 5.23. The van der Waals surface area contributed by atoms with Crippen molar-refractivity contribution in [2.75, 3.05) is 27.2 Å². The van der Waals surface area contributed by atoms with Gasteiger partial charge in [0.2, 0.25) is 0 Å². The van der Waals surface area contributed by atoms with E-state index in [9.17, 15) is 0 Å². The van der Waals surface area contributed by atoms with Crippen LogP contribution in [0.4, 0.5) is 0 Å². The van der Waals surface area contributed by atoms with Gasteiger partial charge in [-0.2, -0.15) is 0 Å². The summed E-state index contributed by atoms with van der Waals surface area (Å²) in [4.78, 5) is 5.02. The summed E-state index contributed by atoms with van der Waals surface area (Å²) in [6.07, 6.45) is 28.3. The lowest BCUT2D eigenvalue weighted by Crippen LogP contribution is -2.20. The zero-order valence-corrected chi connectivity index (χ0v) is 25.2. The molecule has 0 aliphatic rings. The third kappa shape index (κ3) is 20.2. The van der Waals surface area contributed by atoms with Crippen LogP contribution in [0.25, 0.3) is 0 Å². The molecule has 1 aromatic carbocycles. The van der Waals surface area contributed by atoms with Crippen LogP contribution in [0.5, 0.6) is 0 Å². The van der Waals surface area contributed by atoms with Gasteiger partial charge in [0.25, 0.3) is 0 Å². The Labute approximate surface area is 227 Å². The predicted molar refractivity (Wildman–Crippen MR) is 163 cm³/mol. The second-order valence-electron chi connectivity index (χ2n) is 11.7. The van der Waals surface area contributed by atoms with Crippen molar-refractivity contribution >= 4 is 0 Å². The average molecular weight is 501 g/mol. The van der Waals surface area contributed by atoms with Gasteiger partial charge in [0.05, 0.1) is 0 Å². The summed E-state index contributed by atoms with van der Waals surface area (Å²) in [5, 5.41) is 0. The normalized spacial score (nSPS) is 11.7. The molecule has 0 fully saturated rings. The van der Waals surface area contributed by atoms with E-state index in [1.165, 1.54) is 153 Å². The number of nitrogens with zero attached hydrogens (tertiary/aromatic N) is 2. The minimum absolute atomic E-state index is 1.08. The second-order valence-corrected chi connectivity index (χ2v) is 11.7. The Balaban J connectivity index is 2.07. The molecule has 1 rings (SSSR count). The molecule has 0 aromatic heterocycles. The molecule has 0 saturated heterocycles. The molecule has 0 radical (unpaired) electrons. The van der Waals surface area contributed by atoms with Crippen molar-refractivity contribution in [1.29, 1.82) is 0 Å². The van der Waals surface area contributed by atoms with Crippen LogP contribution >= 0.6 is 0 Å². The van der Waals surface area contributed by atoms with Gasteiger partial charge in [0, 0.05) is 13.1 Å². The van der Waals surface area contributed by atoms with Gasteiger partial charge in [-0.05, 0) is 51.2 Å². The first-order chi connectivity index (χ1) is 17.7. The molecular formula is C34H64N2. The van der Waals surface area contributed by atoms with E-state index in [1.54, 1.807) is 0 Å². The molecule has 0 atom stereocenters. The summed E-state index contributed by atoms with van der Waals surface area (Å²) in [7, 11) is 4.58. The molecule has 2 heteroatoms. The Morgan fingerprint density at radius 3 is 1.08 bits per heavy atom. The Kier molecular flexibility index (Phi) is 22.6. The van der Waals surface area contributed by atoms with E-state index in [0.29, 0.717) is 0 Å². The number of unbranched alkanes of at least 4 members (excludes halogenated alkanes) is 18. The number of hydrogen-bond acceptors (Lipinski definition) is 2. The van der Waals surface area contributed by atoms with Crippen molar-refractivity contribution < 1.29 is 0 Å². The highest BCUT2D eigenvalue weighted by Gasteiger charge is 2.05. The summed E-state index contributed by atoms with van der Waals surface area (Å²) in [6.45, 7) is 9.19. The van der Waals surface area contributed by atoms with Gasteiger partial charge in [-0.3, -0.25) is 0 Å². The van der Waals surface area contributed by atoms with Gasteiger partial charge < -0.3 is 9.80 Å². The number of benzene rings is 1. The van der Waals surface area contributed by atoms with Crippen LogP contribution in [0.15, 0.2) is 24.3 Å². The minimum Gasteiger partial charge on any atom is -0.302 e. The zero-order chi connectivity index (χ0) is 26.1. The molecule has 0 bridgehead atoms. The average Bonchev–Trinajstić information content (AvgIpc) is 2.86. The molecule has 36 heavy (non-hydrogen) atoms. The van der Waals surface area contributed by atoms with Crippen molar-refractivity contribution in [3.05, 3.63) is 35.4 Å². The Hall–Kier alpha value is -0.860. The summed E-state index contributed by atoms with van der Waals surface area (Å²) in [6, 6.07) is 9.30. The van der Waals surface area contributed by atoms with Crippen molar-refractivity contribution in [2.24, 2.45) is 0 Å².